The van der Waals surface area contributed by atoms with Gasteiger partial charge < -0.3 is 53.7 Å². The molecule has 736 valence electrons. The molecule has 22 rings (SSSR count). The van der Waals surface area contributed by atoms with E-state index in [4.69, 9.17) is 104 Å². The first-order chi connectivity index (χ1) is 69.6. The Bertz CT molecular complexity index is 6770. The van der Waals surface area contributed by atoms with Crippen molar-refractivity contribution in [3.8, 4) is 90.3 Å². The number of halogens is 1. The molecule has 143 heavy (non-hydrogen) atoms. The maximum absolute atomic E-state index is 8.73. The normalized spacial score (nSPS) is 19.8. The zero-order chi connectivity index (χ0) is 97.2. The summed E-state index contributed by atoms with van der Waals surface area (Å²) in [5.41, 5.74) is 72.0. The fraction of sp³-hybridized carbons (Fsp3) is 0.368. The van der Waals surface area contributed by atoms with Crippen molar-refractivity contribution in [3.63, 3.8) is 0 Å². The molecule has 24 nitrogen and oxygen atoms in total. The molecule has 10 aliphatic rings. The predicted octanol–water partition coefficient (Wildman–Crippen LogP) is 27.1. The summed E-state index contributed by atoms with van der Waals surface area (Å²) in [7, 11) is 0. The minimum Gasteiger partial charge on any atom is -0.697 e. The molecule has 3 unspecified atom stereocenters. The summed E-state index contributed by atoms with van der Waals surface area (Å²) in [6.07, 6.45) is 37.8. The largest absolute Gasteiger partial charge is 2.00 e. The number of aromatic amines is 1. The second-order valence-corrected chi connectivity index (χ2v) is 39.5. The molecule has 0 spiro atoms. The van der Waals surface area contributed by atoms with Crippen molar-refractivity contribution in [2.75, 3.05) is 19.8 Å². The van der Waals surface area contributed by atoms with Gasteiger partial charge >= 0.3 is 21.1 Å². The van der Waals surface area contributed by atoms with Gasteiger partial charge in [-0.2, -0.15) is 10.2 Å². The number of H-pyrrole nitrogens is 1. The first-order valence-electron chi connectivity index (χ1n) is 51.7. The summed E-state index contributed by atoms with van der Waals surface area (Å²) in [5.74, 6) is 0. The molecule has 12 heterocycles. The molecule has 2 saturated carbocycles. The fourth-order valence-electron chi connectivity index (χ4n) is 21.1. The number of hydrogen-bond donors (Lipinski definition) is 7. The Kier molecular flexibility index (Phi) is 33.7. The van der Waals surface area contributed by atoms with Crippen LogP contribution in [0.1, 0.15) is 269 Å². The van der Waals surface area contributed by atoms with Gasteiger partial charge in [0.1, 0.15) is 22.8 Å². The number of nitrogens with two attached hydrogens (primary N) is 3. The zero-order valence-corrected chi connectivity index (χ0v) is 85.4. The molecule has 7 aliphatic carbocycles. The van der Waals surface area contributed by atoms with Crippen LogP contribution in [0.5, 0.6) is 0 Å². The van der Waals surface area contributed by atoms with Crippen molar-refractivity contribution in [1.29, 1.82) is 16.2 Å². The van der Waals surface area contributed by atoms with Crippen LogP contribution >= 0.6 is 15.9 Å². The standard InChI is InChI=1S/C40H46N6O2.2C30H30N6.C17H22BrN3O.Pt/c41-31-16-3-1-14-29(31)39(44-37-22-5-7-24-47-37)35-20-10-18-32(42-35)27-12-9-13-28(26-27)33-19-11-21-36(43-33)40-30-15-2-4-17-34(30)45-46(40)38-23-6-8-25-48-38;31-23-12-3-1-10-21(23)29(32)27-16-6-14-24(33-27)19-8-5-9-20(18-19)25-15-7-17-28(34-25)30-22-11-2-4-13-26(22)35-36-30;31-23-12-3-1-10-21(23)29(33)27-16-6-14-25(35-27)19-8-5-9-20(18-19)26-15-7-17-28(36-26)30(34)22-11-2-4-13-24(22)32;18-15-9-5-8-14(20-15)17(12-6-1-2-7-13(12)19)21-16-10-3-4-11-22-16;/h9-13,18-21,26,37-38H,1-8,14-17,22-25,41H2;5-9,14-18,32H,1-4,10-13,31H2,(H,35,36);5-9,14-18,31-34H,1-4,10-13H2;5,8-9,16H,1-4,6-7,10-11,19H2;/q;;-2;;+2/b;;29-21-,30-22-,31-23?,32-24?;;. The Hall–Kier alpha value is -12.8. The molecule has 3 atom stereocenters. The molecule has 0 bridgehead atoms. The van der Waals surface area contributed by atoms with Crippen molar-refractivity contribution in [2.24, 2.45) is 27.2 Å². The SMILES string of the molecule is N=C(C1=C(N)CCCC1)c1cccc(-c2cccc(-c3cccc(-c4n[nH]c5c4CCCC5)n3)c2)n1.N=C1CCCC/C1=C(/[NH-])c1cccc(-c2cccc(-c3cccc(/C([NH-])=C4\CCCCC4=N)n3)c2)n1.NC1=C(C(=NC2CCCCO2)c2cccc(-c3cccc(-c4cccc(-c5c6c(nn5C5CCCCO5)CCCC6)n4)c3)n2)CCCC1.NC1=C(C(=NC2CCCCO2)c2cccc(Br)n2)CCCC1.[Pt+2]. The molecular formula is C117H128BrN21O3Pt. The summed E-state index contributed by atoms with van der Waals surface area (Å²) in [5, 5.41) is 38.2. The van der Waals surface area contributed by atoms with Crippen LogP contribution in [0.4, 0.5) is 0 Å². The van der Waals surface area contributed by atoms with Crippen LogP contribution in [0.2, 0.25) is 0 Å². The smallest absolute Gasteiger partial charge is 0.697 e. The molecule has 3 aromatic carbocycles. The third-order valence-electron chi connectivity index (χ3n) is 28.8. The third-order valence-corrected chi connectivity index (χ3v) is 29.2. The van der Waals surface area contributed by atoms with E-state index >= 15 is 0 Å². The van der Waals surface area contributed by atoms with Crippen LogP contribution in [0.25, 0.3) is 113 Å². The second kappa shape index (κ2) is 48.1. The van der Waals surface area contributed by atoms with E-state index in [2.05, 4.69) is 121 Å². The van der Waals surface area contributed by atoms with Crippen LogP contribution in [0.15, 0.2) is 260 Å². The number of aliphatic imine (C=N–C) groups is 2. The van der Waals surface area contributed by atoms with Crippen LogP contribution < -0.4 is 17.2 Å². The number of benzene rings is 3. The quantitative estimate of drug-likeness (QED) is 0.0292. The molecule has 0 radical (unpaired) electrons. The number of pyridine rings is 7. The Morgan fingerprint density at radius 1 is 0.364 bits per heavy atom. The van der Waals surface area contributed by atoms with E-state index < -0.39 is 0 Å². The molecule has 5 fully saturated rings. The van der Waals surface area contributed by atoms with Gasteiger partial charge in [0.15, 0.2) is 6.23 Å². The number of nitrogens with zero attached hydrogens (tertiary/aromatic N) is 12. The Morgan fingerprint density at radius 2 is 0.734 bits per heavy atom. The topological polar surface area (TPSA) is 386 Å². The van der Waals surface area contributed by atoms with Crippen molar-refractivity contribution in [1.82, 2.24) is 54.9 Å². The summed E-state index contributed by atoms with van der Waals surface area (Å²) >= 11 is 3.45. The average Bonchev–Trinajstić information content (AvgIpc) is 1.62. The number of hydrogen-bond acceptors (Lipinski definition) is 20. The number of rotatable bonds is 19. The van der Waals surface area contributed by atoms with Gasteiger partial charge in [-0.3, -0.25) is 20.5 Å². The van der Waals surface area contributed by atoms with Gasteiger partial charge in [0, 0.05) is 110 Å². The van der Waals surface area contributed by atoms with Crippen molar-refractivity contribution in [2.45, 2.75) is 256 Å². The second-order valence-electron chi connectivity index (χ2n) is 38.7. The van der Waals surface area contributed by atoms with Gasteiger partial charge in [-0.1, -0.05) is 97.1 Å². The molecule has 12 N–H and O–H groups in total. The number of ether oxygens (including phenoxy) is 3. The Labute approximate surface area is 861 Å². The molecule has 3 saturated heterocycles. The summed E-state index contributed by atoms with van der Waals surface area (Å²) in [4.78, 5) is 44.5. The third kappa shape index (κ3) is 24.3. The first-order valence-corrected chi connectivity index (χ1v) is 52.5. The molecule has 3 aliphatic heterocycles. The van der Waals surface area contributed by atoms with Gasteiger partial charge in [-0.15, -0.1) is 11.4 Å². The van der Waals surface area contributed by atoms with Crippen LogP contribution in [0.3, 0.4) is 0 Å². The predicted molar refractivity (Wildman–Crippen MR) is 573 cm³/mol. The van der Waals surface area contributed by atoms with Gasteiger partial charge in [0.25, 0.3) is 0 Å². The number of allylic oxidation sites excluding steroid dienone is 8. The van der Waals surface area contributed by atoms with E-state index in [1.54, 1.807) is 0 Å². The first kappa shape index (κ1) is 100. The summed E-state index contributed by atoms with van der Waals surface area (Å²) in [6.45, 7) is 2.34. The molecule has 0 amide bonds. The van der Waals surface area contributed by atoms with E-state index in [9.17, 15) is 0 Å². The van der Waals surface area contributed by atoms with E-state index in [0.29, 0.717) is 45.6 Å². The van der Waals surface area contributed by atoms with E-state index in [1.807, 2.05) is 115 Å². The van der Waals surface area contributed by atoms with Gasteiger partial charge in [-0.25, -0.2) is 39.6 Å². The van der Waals surface area contributed by atoms with E-state index in [0.717, 1.165) is 388 Å². The minimum atomic E-state index is -0.144. The van der Waals surface area contributed by atoms with Crippen molar-refractivity contribution < 1.29 is 35.3 Å². The summed E-state index contributed by atoms with van der Waals surface area (Å²) < 4.78 is 21.0. The molecule has 9 aromatic heterocycles. The number of aryl methyl sites for hydroxylation is 2. The average molecular weight is 2150 g/mol. The van der Waals surface area contributed by atoms with Crippen molar-refractivity contribution >= 4 is 55.9 Å². The molecule has 26 heteroatoms. The minimum absolute atomic E-state index is 0. The maximum atomic E-state index is 8.73. The van der Waals surface area contributed by atoms with Gasteiger partial charge in [-0.05, 0) is 384 Å². The van der Waals surface area contributed by atoms with Crippen LogP contribution in [-0.2, 0) is 61.0 Å². The van der Waals surface area contributed by atoms with E-state index in [1.165, 1.54) is 54.6 Å². The molecular weight excluding hydrogens is 2020 g/mol. The van der Waals surface area contributed by atoms with Gasteiger partial charge in [0.2, 0.25) is 0 Å². The Morgan fingerprint density at radius 3 is 1.21 bits per heavy atom. The van der Waals surface area contributed by atoms with Crippen LogP contribution in [-0.4, -0.2) is 116 Å². The maximum Gasteiger partial charge on any atom is 2.00 e. The fourth-order valence-corrected chi connectivity index (χ4v) is 21.4. The molecule has 12 aromatic rings. The Balaban J connectivity index is 0.000000129. The van der Waals surface area contributed by atoms with Crippen molar-refractivity contribution in [3.05, 3.63) is 312 Å². The van der Waals surface area contributed by atoms with Crippen LogP contribution in [0, 0.1) is 16.2 Å². The monoisotopic (exact) mass is 2150 g/mol. The number of nitrogens with one attached hydrogen (secondary N) is 6. The van der Waals surface area contributed by atoms with E-state index in [-0.39, 0.29) is 39.7 Å². The van der Waals surface area contributed by atoms with Gasteiger partial charge in [0.05, 0.1) is 91.2 Å². The summed E-state index contributed by atoms with van der Waals surface area (Å²) in [6, 6.07) is 66.8. The number of aromatic nitrogens is 11. The zero-order valence-electron chi connectivity index (χ0n) is 81.6. The number of fused-ring (bicyclic) bond motifs is 2.